The molecule has 0 saturated carbocycles. The van der Waals surface area contributed by atoms with Crippen LogP contribution >= 0.6 is 15.9 Å². The van der Waals surface area contributed by atoms with Gasteiger partial charge in [-0.2, -0.15) is 5.10 Å². The maximum Gasteiger partial charge on any atom is 0.271 e. The number of hydrazone groups is 1. The summed E-state index contributed by atoms with van der Waals surface area (Å²) in [7, 11) is 0. The van der Waals surface area contributed by atoms with E-state index in [2.05, 4.69) is 31.8 Å². The molecule has 0 saturated heterocycles. The number of benzene rings is 3. The van der Waals surface area contributed by atoms with E-state index in [0.717, 1.165) is 10.0 Å². The van der Waals surface area contributed by atoms with Crippen LogP contribution in [0.15, 0.2) is 82.4 Å². The highest BCUT2D eigenvalue weighted by atomic mass is 79.9. The molecule has 3 rings (SSSR count). The lowest BCUT2D eigenvalue weighted by Crippen LogP contribution is -2.20. The minimum absolute atomic E-state index is 0.149. The van der Waals surface area contributed by atoms with Crippen LogP contribution < -0.4 is 15.5 Å². The number of amides is 2. The van der Waals surface area contributed by atoms with Gasteiger partial charge in [0.2, 0.25) is 0 Å². The second-order valence-electron chi connectivity index (χ2n) is 6.45. The Morgan fingerprint density at radius 1 is 1.00 bits per heavy atom. The Kier molecular flexibility index (Phi) is 7.34. The molecule has 0 aliphatic carbocycles. The van der Waals surface area contributed by atoms with Crippen molar-refractivity contribution in [2.75, 3.05) is 11.9 Å². The van der Waals surface area contributed by atoms with Gasteiger partial charge in [-0.1, -0.05) is 45.8 Å². The second kappa shape index (κ2) is 10.4. The van der Waals surface area contributed by atoms with Gasteiger partial charge in [0.05, 0.1) is 6.21 Å². The van der Waals surface area contributed by atoms with Gasteiger partial charge < -0.3 is 10.1 Å². The van der Waals surface area contributed by atoms with Crippen molar-refractivity contribution < 1.29 is 14.3 Å². The number of ether oxygens (including phenoxy) is 1. The number of halogens is 1. The third kappa shape index (κ3) is 6.28. The maximum absolute atomic E-state index is 12.1. The van der Waals surface area contributed by atoms with Gasteiger partial charge in [-0.05, 0) is 55.5 Å². The summed E-state index contributed by atoms with van der Waals surface area (Å²) in [6.45, 7) is 1.83. The van der Waals surface area contributed by atoms with Crippen LogP contribution in [0, 0.1) is 6.92 Å². The summed E-state index contributed by atoms with van der Waals surface area (Å²) in [6, 6.07) is 21.6. The number of hydrogen-bond donors (Lipinski definition) is 2. The van der Waals surface area contributed by atoms with Crippen LogP contribution in [0.25, 0.3) is 0 Å². The average Bonchev–Trinajstić information content (AvgIpc) is 2.75. The van der Waals surface area contributed by atoms with Gasteiger partial charge in [0.1, 0.15) is 5.75 Å². The van der Waals surface area contributed by atoms with Gasteiger partial charge in [0.25, 0.3) is 11.8 Å². The molecule has 0 unspecified atom stereocenters. The largest absolute Gasteiger partial charge is 0.483 e. The van der Waals surface area contributed by atoms with Crippen molar-refractivity contribution in [2.45, 2.75) is 6.92 Å². The topological polar surface area (TPSA) is 79.8 Å². The molecular weight excluding hydrogens is 446 g/mol. The molecule has 3 aromatic carbocycles. The lowest BCUT2D eigenvalue weighted by Gasteiger charge is -2.09. The number of rotatable bonds is 7. The minimum atomic E-state index is -0.324. The van der Waals surface area contributed by atoms with E-state index in [1.54, 1.807) is 42.5 Å². The summed E-state index contributed by atoms with van der Waals surface area (Å²) in [5.74, 6) is -0.109. The summed E-state index contributed by atoms with van der Waals surface area (Å²) < 4.78 is 6.52. The van der Waals surface area contributed by atoms with Crippen LogP contribution in [0.3, 0.4) is 0 Å². The molecule has 2 N–H and O–H groups in total. The Labute approximate surface area is 183 Å². The van der Waals surface area contributed by atoms with E-state index in [0.29, 0.717) is 22.6 Å². The Hall–Kier alpha value is -3.45. The van der Waals surface area contributed by atoms with Crippen molar-refractivity contribution in [2.24, 2.45) is 5.10 Å². The van der Waals surface area contributed by atoms with Crippen molar-refractivity contribution in [1.82, 2.24) is 5.43 Å². The lowest BCUT2D eigenvalue weighted by atomic mass is 10.2. The predicted molar refractivity (Wildman–Crippen MR) is 121 cm³/mol. The zero-order chi connectivity index (χ0) is 21.3. The van der Waals surface area contributed by atoms with Crippen LogP contribution in [0.4, 0.5) is 5.69 Å². The normalized spacial score (nSPS) is 10.6. The SMILES string of the molecule is Cc1ccc(NC(=O)COc2ccccc2/C=N/NC(=O)c2ccc(Br)cc2)cc1. The first-order valence-electron chi connectivity index (χ1n) is 9.18. The number of hydrogen-bond acceptors (Lipinski definition) is 4. The highest BCUT2D eigenvalue weighted by Gasteiger charge is 2.07. The molecule has 3 aromatic rings. The molecular formula is C23H20BrN3O3. The molecule has 0 aliphatic rings. The van der Waals surface area contributed by atoms with Crippen LogP contribution in [0.2, 0.25) is 0 Å². The zero-order valence-electron chi connectivity index (χ0n) is 16.3. The summed E-state index contributed by atoms with van der Waals surface area (Å²) in [5.41, 5.74) is 5.43. The van der Waals surface area contributed by atoms with Crippen LogP contribution in [0.1, 0.15) is 21.5 Å². The van der Waals surface area contributed by atoms with Gasteiger partial charge in [-0.15, -0.1) is 0 Å². The number of aryl methyl sites for hydroxylation is 1. The van der Waals surface area contributed by atoms with Gasteiger partial charge in [0, 0.05) is 21.3 Å². The first kappa shape index (κ1) is 21.3. The number of anilines is 1. The molecule has 0 bridgehead atoms. The molecule has 0 heterocycles. The maximum atomic E-state index is 12.1. The zero-order valence-corrected chi connectivity index (χ0v) is 17.8. The number of para-hydroxylation sites is 1. The summed E-state index contributed by atoms with van der Waals surface area (Å²) in [5, 5.41) is 6.77. The van der Waals surface area contributed by atoms with Gasteiger partial charge in [0.15, 0.2) is 6.61 Å². The number of carbonyl (C=O) groups is 2. The molecule has 0 spiro atoms. The van der Waals surface area contributed by atoms with E-state index < -0.39 is 0 Å². The average molecular weight is 466 g/mol. The van der Waals surface area contributed by atoms with Crippen LogP contribution in [-0.2, 0) is 4.79 Å². The van der Waals surface area contributed by atoms with Crippen molar-refractivity contribution in [1.29, 1.82) is 0 Å². The number of nitrogens with zero attached hydrogens (tertiary/aromatic N) is 1. The highest BCUT2D eigenvalue weighted by molar-refractivity contribution is 9.10. The highest BCUT2D eigenvalue weighted by Crippen LogP contribution is 2.16. The standard InChI is InChI=1S/C23H20BrN3O3/c1-16-6-12-20(13-7-16)26-22(28)15-30-21-5-3-2-4-18(21)14-25-27-23(29)17-8-10-19(24)11-9-17/h2-14H,15H2,1H3,(H,26,28)(H,27,29)/b25-14+. The first-order chi connectivity index (χ1) is 14.5. The van der Waals surface area contributed by atoms with Gasteiger partial charge in [-0.3, -0.25) is 9.59 Å². The lowest BCUT2D eigenvalue weighted by molar-refractivity contribution is -0.118. The van der Waals surface area contributed by atoms with E-state index in [1.807, 2.05) is 37.3 Å². The molecule has 0 fully saturated rings. The van der Waals surface area contributed by atoms with Crippen molar-refractivity contribution >= 4 is 39.6 Å². The van der Waals surface area contributed by atoms with E-state index in [-0.39, 0.29) is 18.4 Å². The molecule has 152 valence electrons. The quantitative estimate of drug-likeness (QED) is 0.397. The fraction of sp³-hybridized carbons (Fsp3) is 0.0870. The molecule has 6 nitrogen and oxygen atoms in total. The molecule has 0 aliphatic heterocycles. The third-order valence-electron chi connectivity index (χ3n) is 4.09. The second-order valence-corrected chi connectivity index (χ2v) is 7.36. The predicted octanol–water partition coefficient (Wildman–Crippen LogP) is 4.54. The van der Waals surface area contributed by atoms with Crippen LogP contribution in [0.5, 0.6) is 5.75 Å². The Balaban J connectivity index is 1.56. The fourth-order valence-electron chi connectivity index (χ4n) is 2.52. The monoisotopic (exact) mass is 465 g/mol. The Bertz CT molecular complexity index is 1050. The Morgan fingerprint density at radius 2 is 1.70 bits per heavy atom. The third-order valence-corrected chi connectivity index (χ3v) is 4.62. The molecule has 0 radical (unpaired) electrons. The smallest absolute Gasteiger partial charge is 0.271 e. The fourth-order valence-corrected chi connectivity index (χ4v) is 2.79. The number of nitrogens with one attached hydrogen (secondary N) is 2. The van der Waals surface area contributed by atoms with E-state index in [4.69, 9.17) is 4.74 Å². The van der Waals surface area contributed by atoms with Crippen molar-refractivity contribution in [3.8, 4) is 5.75 Å². The van der Waals surface area contributed by atoms with Crippen molar-refractivity contribution in [3.63, 3.8) is 0 Å². The molecule has 0 atom stereocenters. The van der Waals surface area contributed by atoms with Gasteiger partial charge >= 0.3 is 0 Å². The number of carbonyl (C=O) groups excluding carboxylic acids is 2. The summed E-state index contributed by atoms with van der Waals surface area (Å²) in [4.78, 5) is 24.3. The Morgan fingerprint density at radius 3 is 2.43 bits per heavy atom. The van der Waals surface area contributed by atoms with E-state index in [9.17, 15) is 9.59 Å². The molecule has 7 heteroatoms. The van der Waals surface area contributed by atoms with Gasteiger partial charge in [-0.25, -0.2) is 5.43 Å². The molecule has 30 heavy (non-hydrogen) atoms. The van der Waals surface area contributed by atoms with Crippen molar-refractivity contribution in [3.05, 3.63) is 94.0 Å². The summed E-state index contributed by atoms with van der Waals surface area (Å²) in [6.07, 6.45) is 1.48. The minimum Gasteiger partial charge on any atom is -0.483 e. The summed E-state index contributed by atoms with van der Waals surface area (Å²) >= 11 is 3.33. The van der Waals surface area contributed by atoms with E-state index in [1.165, 1.54) is 6.21 Å². The molecule has 0 aromatic heterocycles. The molecule has 2 amide bonds. The van der Waals surface area contributed by atoms with E-state index >= 15 is 0 Å². The van der Waals surface area contributed by atoms with Crippen LogP contribution in [-0.4, -0.2) is 24.6 Å². The first-order valence-corrected chi connectivity index (χ1v) is 9.98.